The predicted octanol–water partition coefficient (Wildman–Crippen LogP) is 2.99. The van der Waals surface area contributed by atoms with E-state index in [2.05, 4.69) is 15.6 Å². The summed E-state index contributed by atoms with van der Waals surface area (Å²) in [7, 11) is -3.80. The molecule has 0 aliphatic heterocycles. The molecule has 140 valence electrons. The third-order valence-corrected chi connectivity index (χ3v) is 7.31. The van der Waals surface area contributed by atoms with Crippen LogP contribution in [0.2, 0.25) is 0 Å². The molecule has 0 atom stereocenters. The first-order chi connectivity index (χ1) is 12.9. The minimum atomic E-state index is -3.80. The van der Waals surface area contributed by atoms with Crippen LogP contribution in [0, 0.1) is 6.92 Å². The van der Waals surface area contributed by atoms with Crippen molar-refractivity contribution in [3.05, 3.63) is 69.2 Å². The van der Waals surface area contributed by atoms with Crippen molar-refractivity contribution in [2.75, 3.05) is 4.72 Å². The van der Waals surface area contributed by atoms with Crippen LogP contribution in [-0.2, 0) is 10.0 Å². The lowest BCUT2D eigenvalue weighted by Crippen LogP contribution is -2.41. The average Bonchev–Trinajstić information content (AvgIpc) is 3.31. The number of aryl methyl sites for hydroxylation is 1. The van der Waals surface area contributed by atoms with Crippen LogP contribution in [0.1, 0.15) is 25.6 Å². The first-order valence-corrected chi connectivity index (χ1v) is 10.9. The van der Waals surface area contributed by atoms with E-state index >= 15 is 0 Å². The zero-order chi connectivity index (χ0) is 19.4. The van der Waals surface area contributed by atoms with Gasteiger partial charge in [-0.25, -0.2) is 8.42 Å². The monoisotopic (exact) mass is 421 g/mol. The number of hydrogen-bond acceptors (Lipinski definition) is 6. The largest absolute Gasteiger partial charge is 0.280 e. The van der Waals surface area contributed by atoms with Crippen molar-refractivity contribution in [1.29, 1.82) is 0 Å². The number of rotatable bonds is 5. The Kier molecular flexibility index (Phi) is 5.59. The number of carbonyl (C=O) groups excluding carboxylic acids is 2. The lowest BCUT2D eigenvalue weighted by atomic mass is 10.2. The summed E-state index contributed by atoms with van der Waals surface area (Å²) in [6, 6.07) is 11.0. The Morgan fingerprint density at radius 2 is 1.63 bits per heavy atom. The highest BCUT2D eigenvalue weighted by Crippen LogP contribution is 2.22. The molecule has 3 N–H and O–H groups in total. The van der Waals surface area contributed by atoms with Gasteiger partial charge in [0.15, 0.2) is 0 Å². The molecule has 0 saturated carbocycles. The first kappa shape index (κ1) is 19.1. The van der Waals surface area contributed by atoms with Gasteiger partial charge in [0.1, 0.15) is 4.21 Å². The summed E-state index contributed by atoms with van der Waals surface area (Å²) in [5, 5.41) is 3.43. The second kappa shape index (κ2) is 7.91. The lowest BCUT2D eigenvalue weighted by Gasteiger charge is -2.12. The fraction of sp³-hybridized carbons (Fsp3) is 0.0588. The van der Waals surface area contributed by atoms with Gasteiger partial charge in [-0.1, -0.05) is 18.2 Å². The second-order valence-corrected chi connectivity index (χ2v) is 9.20. The third kappa shape index (κ3) is 4.35. The molecule has 27 heavy (non-hydrogen) atoms. The highest BCUT2D eigenvalue weighted by molar-refractivity contribution is 7.94. The van der Waals surface area contributed by atoms with Crippen molar-refractivity contribution in [3.63, 3.8) is 0 Å². The average molecular weight is 422 g/mol. The van der Waals surface area contributed by atoms with Crippen LogP contribution >= 0.6 is 22.7 Å². The van der Waals surface area contributed by atoms with E-state index < -0.39 is 21.8 Å². The van der Waals surface area contributed by atoms with E-state index in [1.54, 1.807) is 41.9 Å². The number of thiophene rings is 2. The maximum absolute atomic E-state index is 12.4. The molecule has 2 heterocycles. The fourth-order valence-electron chi connectivity index (χ4n) is 2.22. The van der Waals surface area contributed by atoms with Gasteiger partial charge in [0.05, 0.1) is 16.1 Å². The number of para-hydroxylation sites is 1. The molecular weight excluding hydrogens is 406 g/mol. The van der Waals surface area contributed by atoms with Crippen LogP contribution in [0.25, 0.3) is 0 Å². The Hall–Kier alpha value is -2.69. The van der Waals surface area contributed by atoms with E-state index in [4.69, 9.17) is 0 Å². The summed E-state index contributed by atoms with van der Waals surface area (Å²) in [6.07, 6.45) is 0. The Morgan fingerprint density at radius 3 is 2.30 bits per heavy atom. The van der Waals surface area contributed by atoms with Crippen LogP contribution in [-0.4, -0.2) is 20.2 Å². The molecule has 2 amide bonds. The molecule has 0 unspecified atom stereocenters. The molecule has 2 aromatic heterocycles. The minimum Gasteiger partial charge on any atom is -0.278 e. The standard InChI is InChI=1S/C17H15N3O4S3/c1-11-8-10-26-15(11)17(22)19-18-16(21)12-5-2-3-6-13(12)20-27(23,24)14-7-4-9-25-14/h2-10,20H,1H3,(H,18,21)(H,19,22). The highest BCUT2D eigenvalue weighted by Gasteiger charge is 2.20. The molecule has 0 fully saturated rings. The van der Waals surface area contributed by atoms with Crippen LogP contribution in [0.4, 0.5) is 5.69 Å². The molecule has 0 bridgehead atoms. The molecule has 7 nitrogen and oxygen atoms in total. The highest BCUT2D eigenvalue weighted by atomic mass is 32.2. The number of hydrazine groups is 1. The zero-order valence-corrected chi connectivity index (χ0v) is 16.5. The topological polar surface area (TPSA) is 104 Å². The van der Waals surface area contributed by atoms with Gasteiger partial charge in [-0.2, -0.15) is 0 Å². The maximum Gasteiger partial charge on any atom is 0.280 e. The van der Waals surface area contributed by atoms with Crippen LogP contribution in [0.5, 0.6) is 0 Å². The molecule has 0 aliphatic carbocycles. The number of hydrogen-bond donors (Lipinski definition) is 3. The Morgan fingerprint density at radius 1 is 0.889 bits per heavy atom. The van der Waals surface area contributed by atoms with Gasteiger partial charge in [-0.15, -0.1) is 22.7 Å². The van der Waals surface area contributed by atoms with Crippen molar-refractivity contribution in [2.45, 2.75) is 11.1 Å². The molecule has 3 aromatic rings. The Labute approximate surface area is 164 Å². The molecule has 0 aliphatic rings. The zero-order valence-electron chi connectivity index (χ0n) is 14.1. The SMILES string of the molecule is Cc1ccsc1C(=O)NNC(=O)c1ccccc1NS(=O)(=O)c1cccs1. The minimum absolute atomic E-state index is 0.0841. The second-order valence-electron chi connectivity index (χ2n) is 5.42. The van der Waals surface area contributed by atoms with Gasteiger partial charge < -0.3 is 0 Å². The lowest BCUT2D eigenvalue weighted by molar-refractivity contribution is 0.0849. The molecule has 10 heteroatoms. The summed E-state index contributed by atoms with van der Waals surface area (Å²) in [5.74, 6) is -1.07. The molecule has 0 radical (unpaired) electrons. The molecule has 1 aromatic carbocycles. The van der Waals surface area contributed by atoms with E-state index in [-0.39, 0.29) is 15.5 Å². The van der Waals surface area contributed by atoms with Crippen LogP contribution in [0.15, 0.2) is 57.4 Å². The summed E-state index contributed by atoms with van der Waals surface area (Å²) in [4.78, 5) is 25.0. The van der Waals surface area contributed by atoms with E-state index in [1.165, 1.54) is 29.5 Å². The van der Waals surface area contributed by atoms with Crippen molar-refractivity contribution in [3.8, 4) is 0 Å². The van der Waals surface area contributed by atoms with Gasteiger partial charge in [-0.05, 0) is 47.5 Å². The molecule has 0 saturated heterocycles. The van der Waals surface area contributed by atoms with Crippen molar-refractivity contribution in [1.82, 2.24) is 10.9 Å². The fourth-order valence-corrected chi connectivity index (χ4v) is 5.12. The Balaban J connectivity index is 1.74. The van der Waals surface area contributed by atoms with Gasteiger partial charge in [0.25, 0.3) is 21.8 Å². The molecular formula is C17H15N3O4S3. The third-order valence-electron chi connectivity index (χ3n) is 3.53. The van der Waals surface area contributed by atoms with Gasteiger partial charge in [-0.3, -0.25) is 25.2 Å². The summed E-state index contributed by atoms with van der Waals surface area (Å²) < 4.78 is 27.3. The number of amides is 2. The molecule has 0 spiro atoms. The van der Waals surface area contributed by atoms with Crippen LogP contribution < -0.4 is 15.6 Å². The number of benzene rings is 1. The number of anilines is 1. The number of sulfonamides is 1. The maximum atomic E-state index is 12.4. The first-order valence-electron chi connectivity index (χ1n) is 7.68. The van der Waals surface area contributed by atoms with Gasteiger partial charge >= 0.3 is 0 Å². The number of carbonyl (C=O) groups is 2. The smallest absolute Gasteiger partial charge is 0.278 e. The summed E-state index contributed by atoms with van der Waals surface area (Å²) in [6.45, 7) is 1.79. The van der Waals surface area contributed by atoms with Crippen molar-refractivity contribution >= 4 is 50.2 Å². The summed E-state index contributed by atoms with van der Waals surface area (Å²) in [5.41, 5.74) is 5.65. The summed E-state index contributed by atoms with van der Waals surface area (Å²) >= 11 is 2.33. The van der Waals surface area contributed by atoms with Crippen LogP contribution in [0.3, 0.4) is 0 Å². The van der Waals surface area contributed by atoms with Crippen molar-refractivity contribution < 1.29 is 18.0 Å². The predicted molar refractivity (Wildman–Crippen MR) is 106 cm³/mol. The normalized spacial score (nSPS) is 11.0. The van der Waals surface area contributed by atoms with E-state index in [0.717, 1.165) is 16.9 Å². The molecule has 3 rings (SSSR count). The van der Waals surface area contributed by atoms with E-state index in [9.17, 15) is 18.0 Å². The quantitative estimate of drug-likeness (QED) is 0.551. The van der Waals surface area contributed by atoms with E-state index in [0.29, 0.717) is 4.88 Å². The van der Waals surface area contributed by atoms with Gasteiger partial charge in [0.2, 0.25) is 0 Å². The Bertz CT molecular complexity index is 1070. The van der Waals surface area contributed by atoms with Crippen molar-refractivity contribution in [2.24, 2.45) is 0 Å². The van der Waals surface area contributed by atoms with Gasteiger partial charge in [0, 0.05) is 0 Å². The van der Waals surface area contributed by atoms with E-state index in [1.807, 2.05) is 0 Å². The number of nitrogens with one attached hydrogen (secondary N) is 3.